The minimum absolute atomic E-state index is 0.142. The van der Waals surface area contributed by atoms with E-state index in [4.69, 9.17) is 9.15 Å². The number of aryl methyl sites for hydroxylation is 2. The van der Waals surface area contributed by atoms with Gasteiger partial charge in [-0.05, 0) is 85.6 Å². The van der Waals surface area contributed by atoms with Crippen LogP contribution in [0.25, 0.3) is 0 Å². The van der Waals surface area contributed by atoms with E-state index in [2.05, 4.69) is 5.32 Å². The first kappa shape index (κ1) is 26.7. The second kappa shape index (κ2) is 10.3. The highest BCUT2D eigenvalue weighted by molar-refractivity contribution is 7.10. The number of rotatable bonds is 7. The number of carboxylic acid groups (broad SMARTS) is 1. The molecule has 0 saturated carbocycles. The van der Waals surface area contributed by atoms with Gasteiger partial charge < -0.3 is 19.6 Å². The summed E-state index contributed by atoms with van der Waals surface area (Å²) in [5.41, 5.74) is -0.421. The van der Waals surface area contributed by atoms with E-state index < -0.39 is 35.4 Å². The number of methoxy groups -OCH3 is 1. The lowest BCUT2D eigenvalue weighted by molar-refractivity contribution is -0.148. The van der Waals surface area contributed by atoms with Gasteiger partial charge in [0.1, 0.15) is 17.0 Å². The second-order valence-corrected chi connectivity index (χ2v) is 11.6. The van der Waals surface area contributed by atoms with Crippen LogP contribution >= 0.6 is 22.7 Å². The molecule has 1 aromatic carbocycles. The molecule has 4 aromatic rings. The highest BCUT2D eigenvalue weighted by Crippen LogP contribution is 2.58. The fourth-order valence-corrected chi connectivity index (χ4v) is 7.53. The number of benzene rings is 1. The minimum Gasteiger partial charge on any atom is -0.497 e. The number of urea groups is 1. The first-order valence-corrected chi connectivity index (χ1v) is 14.1. The summed E-state index contributed by atoms with van der Waals surface area (Å²) in [7, 11) is 1.55. The third-order valence-corrected chi connectivity index (χ3v) is 9.43. The lowest BCUT2D eigenvalue weighted by Gasteiger charge is -2.37. The van der Waals surface area contributed by atoms with E-state index in [1.807, 2.05) is 35.9 Å². The van der Waals surface area contributed by atoms with Crippen LogP contribution in [0.15, 0.2) is 69.8 Å². The number of Topliss-reactive ketones (excluding diaryl/α,β-unsaturated/α-hetero) is 1. The van der Waals surface area contributed by atoms with Gasteiger partial charge in [0, 0.05) is 21.4 Å². The highest BCUT2D eigenvalue weighted by atomic mass is 32.1. The number of carboxylic acids is 1. The lowest BCUT2D eigenvalue weighted by atomic mass is 9.75. The maximum atomic E-state index is 14.2. The Morgan fingerprint density at radius 2 is 1.77 bits per heavy atom. The minimum atomic E-state index is -1.76. The molecule has 39 heavy (non-hydrogen) atoms. The van der Waals surface area contributed by atoms with Crippen molar-refractivity contribution in [3.63, 3.8) is 0 Å². The molecule has 2 amide bonds. The molecule has 0 radical (unpaired) electrons. The van der Waals surface area contributed by atoms with Crippen LogP contribution in [0.1, 0.15) is 50.5 Å². The molecule has 8 nitrogen and oxygen atoms in total. The molecule has 4 unspecified atom stereocenters. The molecule has 4 heterocycles. The molecular formula is C29H28N2O6S2. The largest absolute Gasteiger partial charge is 0.497 e. The average Bonchev–Trinajstić information content (AvgIpc) is 3.71. The fraction of sp³-hybridized carbons (Fsp3) is 0.276. The molecular weight excluding hydrogens is 536 g/mol. The Hall–Kier alpha value is -3.89. The van der Waals surface area contributed by atoms with Crippen molar-refractivity contribution < 1.29 is 28.6 Å². The summed E-state index contributed by atoms with van der Waals surface area (Å²) in [6.45, 7) is 5.18. The summed E-state index contributed by atoms with van der Waals surface area (Å²) in [6.07, 6.45) is 0. The van der Waals surface area contributed by atoms with Gasteiger partial charge in [-0.2, -0.15) is 0 Å². The van der Waals surface area contributed by atoms with Crippen LogP contribution in [0, 0.1) is 19.8 Å². The molecule has 1 aliphatic rings. The van der Waals surface area contributed by atoms with E-state index in [9.17, 15) is 19.5 Å². The summed E-state index contributed by atoms with van der Waals surface area (Å²) in [6, 6.07) is 14.2. The highest BCUT2D eigenvalue weighted by Gasteiger charge is 2.66. The molecule has 0 spiro atoms. The number of nitrogens with zero attached hydrogens (tertiary/aromatic N) is 1. The van der Waals surface area contributed by atoms with E-state index >= 15 is 0 Å². The van der Waals surface area contributed by atoms with Gasteiger partial charge in [0.15, 0.2) is 5.76 Å². The van der Waals surface area contributed by atoms with E-state index in [0.717, 1.165) is 10.4 Å². The Bertz CT molecular complexity index is 1510. The number of ketones is 1. The standard InChI is InChI=1S/C29H28N2O6S2/c1-16-13-15-39-26(16)23-22(25(32)20-12-7-17(2)37-20)24(21-6-5-14-38-21)31(29(23,3)27(33)34)28(35)30-18-8-10-19(36-4)11-9-18/h5-15,22-24H,1-4H3,(H,30,35)(H,33,34). The molecule has 1 saturated heterocycles. The normalized spacial score (nSPS) is 22.6. The zero-order valence-electron chi connectivity index (χ0n) is 21.8. The van der Waals surface area contributed by atoms with Crippen LogP contribution in [0.5, 0.6) is 5.75 Å². The quantitative estimate of drug-likeness (QED) is 0.241. The predicted molar refractivity (Wildman–Crippen MR) is 150 cm³/mol. The van der Waals surface area contributed by atoms with Crippen LogP contribution in [0.4, 0.5) is 10.5 Å². The number of anilines is 1. The summed E-state index contributed by atoms with van der Waals surface area (Å²) < 4.78 is 11.0. The van der Waals surface area contributed by atoms with E-state index in [0.29, 0.717) is 22.1 Å². The molecule has 0 bridgehead atoms. The van der Waals surface area contributed by atoms with E-state index in [1.165, 1.54) is 34.5 Å². The molecule has 202 valence electrons. The van der Waals surface area contributed by atoms with Gasteiger partial charge in [0.05, 0.1) is 19.1 Å². The summed E-state index contributed by atoms with van der Waals surface area (Å²) in [5.74, 6) is -1.94. The van der Waals surface area contributed by atoms with Crippen LogP contribution in [0.3, 0.4) is 0 Å². The smallest absolute Gasteiger partial charge is 0.330 e. The van der Waals surface area contributed by atoms with Crippen molar-refractivity contribution in [2.45, 2.75) is 38.3 Å². The molecule has 1 fully saturated rings. The fourth-order valence-electron chi connectivity index (χ4n) is 5.47. The first-order chi connectivity index (χ1) is 18.7. The third-order valence-electron chi connectivity index (χ3n) is 7.38. The number of thiophene rings is 2. The third kappa shape index (κ3) is 4.53. The van der Waals surface area contributed by atoms with Gasteiger partial charge in [0.25, 0.3) is 0 Å². The van der Waals surface area contributed by atoms with Crippen LogP contribution < -0.4 is 10.1 Å². The Morgan fingerprint density at radius 1 is 1.03 bits per heavy atom. The topological polar surface area (TPSA) is 109 Å². The number of aliphatic carboxylic acids is 1. The summed E-state index contributed by atoms with van der Waals surface area (Å²) in [4.78, 5) is 44.4. The molecule has 10 heteroatoms. The zero-order valence-corrected chi connectivity index (χ0v) is 23.5. The molecule has 0 aliphatic carbocycles. The Morgan fingerprint density at radius 3 is 2.31 bits per heavy atom. The monoisotopic (exact) mass is 564 g/mol. The first-order valence-electron chi connectivity index (χ1n) is 12.3. The number of likely N-dealkylation sites (tertiary alicyclic amines) is 1. The van der Waals surface area contributed by atoms with Gasteiger partial charge in [-0.15, -0.1) is 22.7 Å². The average molecular weight is 565 g/mol. The van der Waals surface area contributed by atoms with Gasteiger partial charge in [-0.1, -0.05) is 6.07 Å². The van der Waals surface area contributed by atoms with Crippen molar-refractivity contribution >= 4 is 46.1 Å². The number of nitrogens with one attached hydrogen (secondary N) is 1. The molecule has 5 rings (SSSR count). The van der Waals surface area contributed by atoms with Gasteiger partial charge in [-0.3, -0.25) is 9.69 Å². The van der Waals surface area contributed by atoms with Crippen molar-refractivity contribution in [3.8, 4) is 5.75 Å². The number of hydrogen-bond acceptors (Lipinski definition) is 7. The number of ether oxygens (including phenoxy) is 1. The second-order valence-electron chi connectivity index (χ2n) is 9.69. The van der Waals surface area contributed by atoms with Gasteiger partial charge in [0.2, 0.25) is 5.78 Å². The van der Waals surface area contributed by atoms with Crippen LogP contribution in [-0.2, 0) is 4.79 Å². The van der Waals surface area contributed by atoms with Crippen LogP contribution in [0.2, 0.25) is 0 Å². The van der Waals surface area contributed by atoms with E-state index in [-0.39, 0.29) is 11.5 Å². The molecule has 3 aromatic heterocycles. The predicted octanol–water partition coefficient (Wildman–Crippen LogP) is 6.74. The van der Waals surface area contributed by atoms with Crippen LogP contribution in [-0.4, -0.2) is 40.4 Å². The van der Waals surface area contributed by atoms with Gasteiger partial charge >= 0.3 is 12.0 Å². The number of amides is 2. The molecule has 2 N–H and O–H groups in total. The van der Waals surface area contributed by atoms with E-state index in [1.54, 1.807) is 50.4 Å². The van der Waals surface area contributed by atoms with Crippen molar-refractivity contribution in [2.75, 3.05) is 12.4 Å². The van der Waals surface area contributed by atoms with Crippen molar-refractivity contribution in [1.82, 2.24) is 4.90 Å². The van der Waals surface area contributed by atoms with Crippen molar-refractivity contribution in [3.05, 3.63) is 92.2 Å². The number of furan rings is 1. The zero-order chi connectivity index (χ0) is 27.9. The number of hydrogen-bond donors (Lipinski definition) is 2. The Kier molecular flexibility index (Phi) is 7.09. The summed E-state index contributed by atoms with van der Waals surface area (Å²) in [5, 5.41) is 17.4. The Balaban J connectivity index is 1.71. The SMILES string of the molecule is COc1ccc(NC(=O)N2C(c3cccs3)C(C(=O)c3ccc(C)o3)C(c3sccc3C)C2(C)C(=O)O)cc1. The Labute approximate surface area is 233 Å². The van der Waals surface area contributed by atoms with Crippen molar-refractivity contribution in [1.29, 1.82) is 0 Å². The van der Waals surface area contributed by atoms with Gasteiger partial charge in [-0.25, -0.2) is 9.59 Å². The molecule has 1 aliphatic heterocycles. The lowest BCUT2D eigenvalue weighted by Crippen LogP contribution is -2.55. The van der Waals surface area contributed by atoms with Crippen molar-refractivity contribution in [2.24, 2.45) is 5.92 Å². The maximum absolute atomic E-state index is 14.2. The summed E-state index contributed by atoms with van der Waals surface area (Å²) >= 11 is 2.77. The number of carbonyl (C=O) groups is 3. The molecule has 4 atom stereocenters. The maximum Gasteiger partial charge on any atom is 0.330 e. The number of carbonyl (C=O) groups excluding carboxylic acids is 2.